The van der Waals surface area contributed by atoms with Crippen molar-refractivity contribution in [3.63, 3.8) is 0 Å². The molecule has 3 amide bonds. The number of alkyl halides is 3. The third-order valence-electron chi connectivity index (χ3n) is 5.96. The van der Waals surface area contributed by atoms with Crippen molar-refractivity contribution in [2.75, 3.05) is 18.5 Å². The molecule has 3 N–H and O–H groups in total. The summed E-state index contributed by atoms with van der Waals surface area (Å²) >= 11 is 0. The van der Waals surface area contributed by atoms with E-state index in [1.54, 1.807) is 0 Å². The van der Waals surface area contributed by atoms with Gasteiger partial charge in [0.1, 0.15) is 12.2 Å². The molecular formula is C21H26F3N3O5. The molecule has 2 saturated heterocycles. The fourth-order valence-electron chi connectivity index (χ4n) is 4.39. The smallest absolute Gasteiger partial charge is 0.416 e. The summed E-state index contributed by atoms with van der Waals surface area (Å²) in [7, 11) is 0. The number of hydrogen-bond acceptors (Lipinski definition) is 5. The number of hydrogen-bond donors (Lipinski definition) is 3. The number of halogens is 3. The average molecular weight is 457 g/mol. The second-order valence-corrected chi connectivity index (χ2v) is 8.30. The standard InChI is InChI=1S/C21H26F3N3O5/c22-21(23,24)12-5-4-8-14(9-12)26-20(29)32-16-11-31-17-15(10-30-18(16)17)27-19(28)25-13-6-2-1-3-7-13/h4-5,8-9,13,15-18H,1-3,6-7,10-11H2,(H,26,29)(H2,25,27,28)/t15-,16+,17+,18+/m0/s1. The van der Waals surface area contributed by atoms with Gasteiger partial charge in [-0.3, -0.25) is 5.32 Å². The molecular weight excluding hydrogens is 431 g/mol. The Morgan fingerprint density at radius 1 is 1.00 bits per heavy atom. The minimum atomic E-state index is -4.52. The maximum absolute atomic E-state index is 12.8. The van der Waals surface area contributed by atoms with Gasteiger partial charge < -0.3 is 24.8 Å². The Balaban J connectivity index is 1.26. The zero-order valence-electron chi connectivity index (χ0n) is 17.3. The van der Waals surface area contributed by atoms with E-state index in [9.17, 15) is 22.8 Å². The summed E-state index contributed by atoms with van der Waals surface area (Å²) in [6, 6.07) is 3.78. The molecule has 1 aliphatic carbocycles. The Hall–Kier alpha value is -2.53. The minimum absolute atomic E-state index is 0.0356. The third-order valence-corrected chi connectivity index (χ3v) is 5.96. The van der Waals surface area contributed by atoms with Crippen LogP contribution in [0.25, 0.3) is 0 Å². The van der Waals surface area contributed by atoms with Gasteiger partial charge in [0.25, 0.3) is 0 Å². The van der Waals surface area contributed by atoms with Crippen LogP contribution in [-0.4, -0.2) is 55.7 Å². The lowest BCUT2D eigenvalue weighted by Crippen LogP contribution is -2.51. The molecule has 1 aromatic carbocycles. The molecule has 4 atom stereocenters. The van der Waals surface area contributed by atoms with Crippen molar-refractivity contribution >= 4 is 17.8 Å². The van der Waals surface area contributed by atoms with E-state index in [0.29, 0.717) is 0 Å². The predicted molar refractivity (Wildman–Crippen MR) is 107 cm³/mol. The van der Waals surface area contributed by atoms with Crippen molar-refractivity contribution in [2.45, 2.75) is 68.7 Å². The molecule has 32 heavy (non-hydrogen) atoms. The van der Waals surface area contributed by atoms with Crippen LogP contribution in [-0.2, 0) is 20.4 Å². The van der Waals surface area contributed by atoms with Gasteiger partial charge >= 0.3 is 18.3 Å². The van der Waals surface area contributed by atoms with Crippen LogP contribution in [0.3, 0.4) is 0 Å². The molecule has 1 saturated carbocycles. The van der Waals surface area contributed by atoms with Crippen LogP contribution in [0.1, 0.15) is 37.7 Å². The lowest BCUT2D eigenvalue weighted by atomic mass is 9.96. The van der Waals surface area contributed by atoms with Crippen LogP contribution in [0.4, 0.5) is 28.4 Å². The first-order chi connectivity index (χ1) is 15.3. The van der Waals surface area contributed by atoms with Gasteiger partial charge in [0.05, 0.1) is 24.8 Å². The number of fused-ring (bicyclic) bond motifs is 1. The average Bonchev–Trinajstić information content (AvgIpc) is 3.32. The normalized spacial score (nSPS) is 28.1. The van der Waals surface area contributed by atoms with Gasteiger partial charge in [-0.05, 0) is 31.0 Å². The van der Waals surface area contributed by atoms with Crippen LogP contribution >= 0.6 is 0 Å². The zero-order chi connectivity index (χ0) is 22.7. The zero-order valence-corrected chi connectivity index (χ0v) is 17.3. The quantitative estimate of drug-likeness (QED) is 0.644. The molecule has 11 heteroatoms. The van der Waals surface area contributed by atoms with Gasteiger partial charge in [-0.15, -0.1) is 0 Å². The fraction of sp³-hybridized carbons (Fsp3) is 0.619. The summed E-state index contributed by atoms with van der Waals surface area (Å²) in [4.78, 5) is 24.5. The van der Waals surface area contributed by atoms with Gasteiger partial charge in [0.15, 0.2) is 6.10 Å². The Kier molecular flexibility index (Phi) is 6.75. The molecule has 1 aromatic rings. The van der Waals surface area contributed by atoms with E-state index in [1.807, 2.05) is 0 Å². The highest BCUT2D eigenvalue weighted by atomic mass is 19.4. The van der Waals surface area contributed by atoms with E-state index in [1.165, 1.54) is 18.6 Å². The molecule has 3 aliphatic rings. The molecule has 0 unspecified atom stereocenters. The third kappa shape index (κ3) is 5.44. The molecule has 2 heterocycles. The van der Waals surface area contributed by atoms with E-state index in [4.69, 9.17) is 14.2 Å². The number of rotatable bonds is 4. The molecule has 3 fully saturated rings. The van der Waals surface area contributed by atoms with Crippen LogP contribution in [0.5, 0.6) is 0 Å². The van der Waals surface area contributed by atoms with Crippen molar-refractivity contribution in [1.82, 2.24) is 10.6 Å². The van der Waals surface area contributed by atoms with Crippen LogP contribution < -0.4 is 16.0 Å². The summed E-state index contributed by atoms with van der Waals surface area (Å²) in [6.45, 7) is 0.274. The van der Waals surface area contributed by atoms with Crippen molar-refractivity contribution in [2.24, 2.45) is 0 Å². The maximum Gasteiger partial charge on any atom is 0.416 e. The van der Waals surface area contributed by atoms with Crippen LogP contribution in [0.15, 0.2) is 24.3 Å². The molecule has 2 aliphatic heterocycles. The minimum Gasteiger partial charge on any atom is -0.441 e. The summed E-state index contributed by atoms with van der Waals surface area (Å²) in [5.41, 5.74) is -0.911. The Morgan fingerprint density at radius 3 is 2.50 bits per heavy atom. The van der Waals surface area contributed by atoms with Gasteiger partial charge in [0, 0.05) is 11.7 Å². The summed E-state index contributed by atoms with van der Waals surface area (Å²) in [6.07, 6.45) is -1.87. The molecule has 4 rings (SSSR count). The van der Waals surface area contributed by atoms with E-state index in [0.717, 1.165) is 37.8 Å². The van der Waals surface area contributed by atoms with Crippen molar-refractivity contribution < 1.29 is 37.0 Å². The highest BCUT2D eigenvalue weighted by molar-refractivity contribution is 5.84. The van der Waals surface area contributed by atoms with E-state index >= 15 is 0 Å². The van der Waals surface area contributed by atoms with Crippen molar-refractivity contribution in [3.8, 4) is 0 Å². The number of carbonyl (C=O) groups is 2. The Labute approximate surface area is 183 Å². The maximum atomic E-state index is 12.8. The fourth-order valence-corrected chi connectivity index (χ4v) is 4.39. The predicted octanol–water partition coefficient (Wildman–Crippen LogP) is 3.42. The second-order valence-electron chi connectivity index (χ2n) is 8.30. The number of ether oxygens (including phenoxy) is 3. The first kappa shape index (κ1) is 22.7. The van der Waals surface area contributed by atoms with Crippen LogP contribution in [0, 0.1) is 0 Å². The topological polar surface area (TPSA) is 97.9 Å². The number of carbonyl (C=O) groups excluding carboxylic acids is 2. The summed E-state index contributed by atoms with van der Waals surface area (Å²) < 4.78 is 55.2. The molecule has 8 nitrogen and oxygen atoms in total. The number of benzene rings is 1. The lowest BCUT2D eigenvalue weighted by molar-refractivity contribution is -0.137. The number of anilines is 1. The van der Waals surface area contributed by atoms with Gasteiger partial charge in [-0.1, -0.05) is 25.3 Å². The Bertz CT molecular complexity index is 831. The lowest BCUT2D eigenvalue weighted by Gasteiger charge is -2.24. The monoisotopic (exact) mass is 457 g/mol. The molecule has 0 bridgehead atoms. The first-order valence-corrected chi connectivity index (χ1v) is 10.7. The number of amides is 3. The van der Waals surface area contributed by atoms with E-state index in [-0.39, 0.29) is 37.0 Å². The van der Waals surface area contributed by atoms with Gasteiger partial charge in [-0.25, -0.2) is 9.59 Å². The molecule has 176 valence electrons. The van der Waals surface area contributed by atoms with E-state index in [2.05, 4.69) is 16.0 Å². The summed E-state index contributed by atoms with van der Waals surface area (Å²) in [5.74, 6) is 0. The number of urea groups is 1. The second kappa shape index (κ2) is 9.53. The number of nitrogens with one attached hydrogen (secondary N) is 3. The molecule has 0 spiro atoms. The van der Waals surface area contributed by atoms with E-state index < -0.39 is 36.1 Å². The van der Waals surface area contributed by atoms with Crippen LogP contribution in [0.2, 0.25) is 0 Å². The SMILES string of the molecule is O=C(NC1CCCCC1)N[C@H]1CO[C@H]2[C@@H]1OC[C@H]2OC(=O)Nc1cccc(C(F)(F)F)c1. The largest absolute Gasteiger partial charge is 0.441 e. The van der Waals surface area contributed by atoms with Crippen molar-refractivity contribution in [1.29, 1.82) is 0 Å². The molecule has 0 radical (unpaired) electrons. The van der Waals surface area contributed by atoms with Gasteiger partial charge in [0.2, 0.25) is 0 Å². The van der Waals surface area contributed by atoms with Gasteiger partial charge in [-0.2, -0.15) is 13.2 Å². The molecule has 0 aromatic heterocycles. The first-order valence-electron chi connectivity index (χ1n) is 10.7. The highest BCUT2D eigenvalue weighted by Gasteiger charge is 2.50. The summed E-state index contributed by atoms with van der Waals surface area (Å²) in [5, 5.41) is 8.14. The Morgan fingerprint density at radius 2 is 1.75 bits per heavy atom. The van der Waals surface area contributed by atoms with Crippen molar-refractivity contribution in [3.05, 3.63) is 29.8 Å². The highest BCUT2D eigenvalue weighted by Crippen LogP contribution is 2.31.